The number of imide groups is 2. The van der Waals surface area contributed by atoms with Crippen molar-refractivity contribution in [3.8, 4) is 0 Å². The van der Waals surface area contributed by atoms with Crippen LogP contribution in [0, 0.1) is 0 Å². The van der Waals surface area contributed by atoms with Crippen LogP contribution in [0.5, 0.6) is 0 Å². The Labute approximate surface area is 322 Å². The van der Waals surface area contributed by atoms with Crippen molar-refractivity contribution in [3.63, 3.8) is 0 Å². The van der Waals surface area contributed by atoms with Crippen LogP contribution < -0.4 is 21.7 Å². The van der Waals surface area contributed by atoms with Crippen LogP contribution in [0.3, 0.4) is 0 Å². The second-order valence-corrected chi connectivity index (χ2v) is 12.8. The molecule has 2 aliphatic heterocycles. The van der Waals surface area contributed by atoms with Crippen LogP contribution in [-0.4, -0.2) is 109 Å². The third kappa shape index (κ3) is 33.4. The zero-order valence-electron chi connectivity index (χ0n) is 32.9. The van der Waals surface area contributed by atoms with Gasteiger partial charge in [-0.25, -0.2) is 14.4 Å². The Morgan fingerprint density at radius 1 is 0.722 bits per heavy atom. The van der Waals surface area contributed by atoms with E-state index in [1.54, 1.807) is 27.8 Å². The van der Waals surface area contributed by atoms with Crippen LogP contribution in [0.4, 0.5) is 14.0 Å². The standard InChI is InChI=1S/C15H24N2O6.C12H24N2O3.C4H5NO3.CH3F.CH5N.2CH4/c1-15(2,3)22-14(21)16-10-6-4-5-7-13(20)23-17-11(18)8-9-12(17)19;1-12(2,3)17-11(16)14-9-7-5-6-8-10(15)13-4;6-3-1-2-4(7)5(3)8;2*1-2;;/h4-10H2,1-3H3,(H,16,21);5-9H2,1-4H3,(H,13,15)(H,14,16);8H,1-2H2;1H3;2H2,1H3;2*1H4/i;;;1D;;;. The number of nitrogens with zero attached hydrogens (tertiary/aromatic N) is 2. The number of amides is 7. The van der Waals surface area contributed by atoms with Crippen LogP contribution in [0.1, 0.15) is 135 Å². The van der Waals surface area contributed by atoms with Gasteiger partial charge in [0.2, 0.25) is 5.91 Å². The molecule has 0 unspecified atom stereocenters. The number of nitrogens with two attached hydrogens (primary N) is 1. The number of carbonyl (C=O) groups excluding carboxylic acids is 8. The predicted molar refractivity (Wildman–Crippen MR) is 200 cm³/mol. The molecule has 6 N–H and O–H groups in total. The number of hydrogen-bond donors (Lipinski definition) is 5. The monoisotopic (exact) mass is 786 g/mol. The molecule has 0 spiro atoms. The largest absolute Gasteiger partial charge is 0.444 e. The van der Waals surface area contributed by atoms with Crippen molar-refractivity contribution in [2.24, 2.45) is 5.73 Å². The molecule has 0 bridgehead atoms. The summed E-state index contributed by atoms with van der Waals surface area (Å²) in [5, 5.41) is 17.0. The van der Waals surface area contributed by atoms with E-state index < -0.39 is 54.0 Å². The van der Waals surface area contributed by atoms with Gasteiger partial charge in [0, 0.05) is 58.7 Å². The van der Waals surface area contributed by atoms with Gasteiger partial charge >= 0.3 is 18.2 Å². The van der Waals surface area contributed by atoms with Gasteiger partial charge in [-0.2, -0.15) is 5.06 Å². The summed E-state index contributed by atoms with van der Waals surface area (Å²) in [5.74, 6) is -2.52. The molecule has 318 valence electrons. The van der Waals surface area contributed by atoms with Gasteiger partial charge in [0.1, 0.15) is 11.2 Å². The zero-order valence-corrected chi connectivity index (χ0v) is 31.9. The smallest absolute Gasteiger partial charge is 0.407 e. The molecule has 2 rings (SSSR count). The third-order valence-electron chi connectivity index (χ3n) is 5.98. The van der Waals surface area contributed by atoms with Gasteiger partial charge < -0.3 is 36.0 Å². The molecule has 2 saturated heterocycles. The molecule has 0 aromatic heterocycles. The highest BCUT2D eigenvalue weighted by Gasteiger charge is 2.32. The summed E-state index contributed by atoms with van der Waals surface area (Å²) in [7, 11) is 2.13. The first-order chi connectivity index (χ1) is 24.7. The summed E-state index contributed by atoms with van der Waals surface area (Å²) >= 11 is 0. The van der Waals surface area contributed by atoms with Gasteiger partial charge in [-0.15, -0.1) is 5.06 Å². The van der Waals surface area contributed by atoms with E-state index in [9.17, 15) is 42.7 Å². The molecular weight excluding hydrogens is 715 g/mol. The number of ether oxygens (including phenoxy) is 2. The first-order valence-corrected chi connectivity index (χ1v) is 16.9. The first-order valence-electron chi connectivity index (χ1n) is 17.6. The molecule has 2 fully saturated rings. The summed E-state index contributed by atoms with van der Waals surface area (Å²) in [6.07, 6.45) is 4.83. The number of rotatable bonds is 13. The van der Waals surface area contributed by atoms with E-state index in [0.29, 0.717) is 43.8 Å². The summed E-state index contributed by atoms with van der Waals surface area (Å²) < 4.78 is 25.7. The van der Waals surface area contributed by atoms with Crippen LogP contribution >= 0.6 is 0 Å². The maximum atomic E-state index is 11.5. The molecule has 18 nitrogen and oxygen atoms in total. The van der Waals surface area contributed by atoms with Crippen molar-refractivity contribution in [3.05, 3.63) is 0 Å². The van der Waals surface area contributed by atoms with Crippen molar-refractivity contribution in [2.45, 2.75) is 145 Å². The minimum atomic E-state index is -1.00. The molecule has 19 heteroatoms. The predicted octanol–water partition coefficient (Wildman–Crippen LogP) is 4.45. The quantitative estimate of drug-likeness (QED) is 0.0984. The lowest BCUT2D eigenvalue weighted by Gasteiger charge is -2.19. The van der Waals surface area contributed by atoms with Gasteiger partial charge in [0.05, 0.1) is 8.52 Å². The van der Waals surface area contributed by atoms with Crippen molar-refractivity contribution in [1.29, 1.82) is 0 Å². The third-order valence-corrected chi connectivity index (χ3v) is 5.98. The number of alkyl carbamates (subject to hydrolysis) is 2. The topological polar surface area (TPSA) is 253 Å². The van der Waals surface area contributed by atoms with Gasteiger partial charge in [0.25, 0.3) is 23.6 Å². The molecule has 0 radical (unpaired) electrons. The van der Waals surface area contributed by atoms with Crippen LogP contribution in [-0.2, 0) is 43.1 Å². The van der Waals surface area contributed by atoms with Crippen molar-refractivity contribution in [1.82, 2.24) is 26.1 Å². The number of halogens is 1. The minimum Gasteiger partial charge on any atom is -0.444 e. The summed E-state index contributed by atoms with van der Waals surface area (Å²) in [4.78, 5) is 92.8. The fourth-order valence-electron chi connectivity index (χ4n) is 3.66. The van der Waals surface area contributed by atoms with E-state index in [2.05, 4.69) is 21.7 Å². The van der Waals surface area contributed by atoms with E-state index in [1.165, 1.54) is 7.05 Å². The maximum Gasteiger partial charge on any atom is 0.407 e. The Morgan fingerprint density at radius 3 is 1.39 bits per heavy atom. The molecule has 0 aliphatic carbocycles. The summed E-state index contributed by atoms with van der Waals surface area (Å²) in [5.41, 5.74) is 3.52. The van der Waals surface area contributed by atoms with E-state index in [0.717, 1.165) is 19.3 Å². The second-order valence-electron chi connectivity index (χ2n) is 12.8. The average Bonchev–Trinajstić information content (AvgIpc) is 3.54. The maximum absolute atomic E-state index is 11.5. The average molecular weight is 786 g/mol. The number of hydrogen-bond acceptors (Lipinski definition) is 13. The second kappa shape index (κ2) is 33.2. The van der Waals surface area contributed by atoms with Crippen molar-refractivity contribution in [2.75, 3.05) is 34.3 Å². The van der Waals surface area contributed by atoms with E-state index >= 15 is 0 Å². The Kier molecular flexibility index (Phi) is 34.6. The summed E-state index contributed by atoms with van der Waals surface area (Å²) in [6, 6.07) is 0. The fraction of sp³-hybridized carbons (Fsp3) is 0.771. The highest BCUT2D eigenvalue weighted by Crippen LogP contribution is 2.14. The Bertz CT molecular complexity index is 1120. The molecule has 0 aromatic carbocycles. The number of carbonyl (C=O) groups is 8. The lowest BCUT2D eigenvalue weighted by atomic mass is 10.2. The lowest BCUT2D eigenvalue weighted by molar-refractivity contribution is -0.197. The van der Waals surface area contributed by atoms with Gasteiger partial charge in [0.15, 0.2) is 0 Å². The molecule has 2 heterocycles. The number of nitrogens with one attached hydrogen (secondary N) is 3. The molecule has 2 aliphatic rings. The van der Waals surface area contributed by atoms with Crippen molar-refractivity contribution >= 4 is 47.7 Å². The minimum absolute atomic E-state index is 0. The highest BCUT2D eigenvalue weighted by atomic mass is 19.1. The van der Waals surface area contributed by atoms with Gasteiger partial charge in [-0.1, -0.05) is 27.7 Å². The molecule has 0 atom stereocenters. The van der Waals surface area contributed by atoms with Gasteiger partial charge in [-0.3, -0.25) is 33.6 Å². The molecule has 0 aromatic rings. The normalized spacial score (nSPS) is 13.2. The van der Waals surface area contributed by atoms with Crippen molar-refractivity contribution < 1.29 is 63.6 Å². The van der Waals surface area contributed by atoms with E-state index in [4.69, 9.17) is 20.9 Å². The Hall–Kier alpha value is -4.39. The Balaban J connectivity index is -0.000000228. The zero-order chi connectivity index (χ0) is 41.6. The van der Waals surface area contributed by atoms with Crippen LogP contribution in [0.25, 0.3) is 0 Å². The Morgan fingerprint density at radius 2 is 1.07 bits per heavy atom. The van der Waals surface area contributed by atoms with Crippen LogP contribution in [0.2, 0.25) is 0 Å². The number of alkyl halides is 1. The highest BCUT2D eigenvalue weighted by molar-refractivity contribution is 6.01. The van der Waals surface area contributed by atoms with Gasteiger partial charge in [-0.05, 0) is 74.3 Å². The molecular formula is C35H69FN6O12. The first kappa shape index (κ1) is 56.4. The lowest BCUT2D eigenvalue weighted by Crippen LogP contribution is -2.33. The number of unbranched alkanes of at least 4 members (excludes halogenated alkanes) is 4. The van der Waals surface area contributed by atoms with E-state index in [-0.39, 0.29) is 64.0 Å². The summed E-state index contributed by atoms with van der Waals surface area (Å²) in [6.45, 7) is 11.9. The van der Waals surface area contributed by atoms with E-state index in [1.807, 2.05) is 20.8 Å². The molecule has 0 saturated carbocycles. The molecule has 54 heavy (non-hydrogen) atoms. The number of hydroxylamine groups is 4. The SMILES string of the molecule is C.C.CC(C)(C)OC(=O)NCCCCCC(=O)ON1C(=O)CCC1=O.CN.CNC(=O)CCCCCNC(=O)OC(C)(C)C.O=C1CCC(=O)N1O.[2H]CF. The van der Waals surface area contributed by atoms with Crippen LogP contribution in [0.15, 0.2) is 0 Å². The fourth-order valence-corrected chi connectivity index (χ4v) is 3.66. The molecule has 7 amide bonds.